The highest BCUT2D eigenvalue weighted by Crippen LogP contribution is 2.26. The van der Waals surface area contributed by atoms with Crippen LogP contribution < -0.4 is 10.1 Å². The summed E-state index contributed by atoms with van der Waals surface area (Å²) in [5.41, 5.74) is 1.24. The maximum Gasteiger partial charge on any atom is 0.271 e. The number of nitro benzene ring substituents is 1. The van der Waals surface area contributed by atoms with Crippen LogP contribution in [-0.2, 0) is 4.79 Å². The molecule has 1 atom stereocenters. The lowest BCUT2D eigenvalue weighted by Crippen LogP contribution is -2.20. The van der Waals surface area contributed by atoms with Gasteiger partial charge in [-0.05, 0) is 36.1 Å². The molecule has 7 heteroatoms. The number of hydrogen-bond donors (Lipinski definition) is 1. The van der Waals surface area contributed by atoms with E-state index in [9.17, 15) is 14.9 Å². The third-order valence-electron chi connectivity index (χ3n) is 3.87. The Morgan fingerprint density at radius 2 is 1.96 bits per heavy atom. The topological polar surface area (TPSA) is 81.5 Å². The molecule has 25 heavy (non-hydrogen) atoms. The van der Waals surface area contributed by atoms with Crippen molar-refractivity contribution in [3.05, 3.63) is 63.2 Å². The fraction of sp³-hybridized carbons (Fsp3) is 0.278. The van der Waals surface area contributed by atoms with Gasteiger partial charge in [-0.1, -0.05) is 37.6 Å². The van der Waals surface area contributed by atoms with Crippen molar-refractivity contribution >= 4 is 28.9 Å². The van der Waals surface area contributed by atoms with Crippen molar-refractivity contribution in [3.8, 4) is 5.75 Å². The SMILES string of the molecule is CC[C@@H](C)c1ccc(OCC(=O)Nc2cc([N+](=O)[O-])ccc2Cl)cc1. The first kappa shape index (κ1) is 18.7. The largest absolute Gasteiger partial charge is 0.484 e. The number of nitrogens with zero attached hydrogens (tertiary/aromatic N) is 1. The molecule has 0 saturated heterocycles. The normalized spacial score (nSPS) is 11.6. The Morgan fingerprint density at radius 1 is 1.28 bits per heavy atom. The first-order valence-electron chi connectivity index (χ1n) is 7.87. The summed E-state index contributed by atoms with van der Waals surface area (Å²) in [6.07, 6.45) is 1.05. The highest BCUT2D eigenvalue weighted by molar-refractivity contribution is 6.33. The molecule has 0 radical (unpaired) electrons. The van der Waals surface area contributed by atoms with Crippen LogP contribution in [0.4, 0.5) is 11.4 Å². The lowest BCUT2D eigenvalue weighted by atomic mass is 9.99. The molecule has 1 amide bonds. The molecule has 0 spiro atoms. The third-order valence-corrected chi connectivity index (χ3v) is 4.20. The minimum Gasteiger partial charge on any atom is -0.484 e. The number of nitrogens with one attached hydrogen (secondary N) is 1. The molecule has 0 heterocycles. The molecule has 0 aliphatic carbocycles. The van der Waals surface area contributed by atoms with Gasteiger partial charge in [-0.15, -0.1) is 0 Å². The monoisotopic (exact) mass is 362 g/mol. The van der Waals surface area contributed by atoms with E-state index in [2.05, 4.69) is 19.2 Å². The molecule has 1 N–H and O–H groups in total. The summed E-state index contributed by atoms with van der Waals surface area (Å²) in [6.45, 7) is 4.05. The third kappa shape index (κ3) is 5.19. The predicted octanol–water partition coefficient (Wildman–Crippen LogP) is 4.78. The van der Waals surface area contributed by atoms with Crippen molar-refractivity contribution in [1.29, 1.82) is 0 Å². The van der Waals surface area contributed by atoms with E-state index < -0.39 is 10.8 Å². The lowest BCUT2D eigenvalue weighted by molar-refractivity contribution is -0.384. The van der Waals surface area contributed by atoms with E-state index in [0.29, 0.717) is 11.7 Å². The molecule has 2 rings (SSSR count). The fourth-order valence-electron chi connectivity index (χ4n) is 2.19. The van der Waals surface area contributed by atoms with E-state index >= 15 is 0 Å². The number of carbonyl (C=O) groups excluding carboxylic acids is 1. The summed E-state index contributed by atoms with van der Waals surface area (Å²) in [4.78, 5) is 22.2. The molecule has 2 aromatic carbocycles. The molecule has 132 valence electrons. The number of anilines is 1. The minimum absolute atomic E-state index is 0.152. The number of hydrogen-bond acceptors (Lipinski definition) is 4. The van der Waals surface area contributed by atoms with Crippen molar-refractivity contribution in [2.24, 2.45) is 0 Å². The number of rotatable bonds is 7. The Morgan fingerprint density at radius 3 is 2.56 bits per heavy atom. The maximum atomic E-state index is 12.0. The summed E-state index contributed by atoms with van der Waals surface area (Å²) in [5, 5.41) is 13.5. The molecule has 0 fully saturated rings. The average Bonchev–Trinajstić information content (AvgIpc) is 2.61. The lowest BCUT2D eigenvalue weighted by Gasteiger charge is -2.11. The smallest absolute Gasteiger partial charge is 0.271 e. The van der Waals surface area contributed by atoms with Gasteiger partial charge in [0.2, 0.25) is 0 Å². The number of carbonyl (C=O) groups is 1. The van der Waals surface area contributed by atoms with Gasteiger partial charge in [-0.25, -0.2) is 0 Å². The standard InChI is InChI=1S/C18H19ClN2O4/c1-3-12(2)13-4-7-15(8-5-13)25-11-18(22)20-17-10-14(21(23)24)6-9-16(17)19/h4-10,12H,3,11H2,1-2H3,(H,20,22)/t12-/m1/s1. The van der Waals surface area contributed by atoms with Crippen LogP contribution in [0.3, 0.4) is 0 Å². The zero-order chi connectivity index (χ0) is 18.4. The van der Waals surface area contributed by atoms with Crippen molar-refractivity contribution < 1.29 is 14.5 Å². The van der Waals surface area contributed by atoms with Gasteiger partial charge in [0.05, 0.1) is 15.6 Å². The zero-order valence-corrected chi connectivity index (χ0v) is 14.7. The Balaban J connectivity index is 1.95. The maximum absolute atomic E-state index is 12.0. The Kier molecular flexibility index (Phi) is 6.36. The van der Waals surface area contributed by atoms with Crippen molar-refractivity contribution in [3.63, 3.8) is 0 Å². The molecule has 2 aromatic rings. The van der Waals surface area contributed by atoms with Crippen LogP contribution in [0, 0.1) is 10.1 Å². The number of nitro groups is 1. The van der Waals surface area contributed by atoms with Crippen LogP contribution in [0.25, 0.3) is 0 Å². The molecule has 0 aliphatic rings. The first-order chi connectivity index (χ1) is 11.9. The summed E-state index contributed by atoms with van der Waals surface area (Å²) in [7, 11) is 0. The van der Waals surface area contributed by atoms with Crippen LogP contribution in [0.1, 0.15) is 31.7 Å². The van der Waals surface area contributed by atoms with E-state index in [1.165, 1.54) is 23.8 Å². The Bertz CT molecular complexity index is 762. The van der Waals surface area contributed by atoms with E-state index in [4.69, 9.17) is 16.3 Å². The van der Waals surface area contributed by atoms with E-state index in [1.807, 2.05) is 24.3 Å². The van der Waals surface area contributed by atoms with Gasteiger partial charge in [-0.3, -0.25) is 14.9 Å². The van der Waals surface area contributed by atoms with Crippen LogP contribution in [0.15, 0.2) is 42.5 Å². The molecule has 0 bridgehead atoms. The van der Waals surface area contributed by atoms with Crippen molar-refractivity contribution in [2.45, 2.75) is 26.2 Å². The molecule has 0 saturated carbocycles. The molecular formula is C18H19ClN2O4. The number of ether oxygens (including phenoxy) is 1. The van der Waals surface area contributed by atoms with Gasteiger partial charge >= 0.3 is 0 Å². The van der Waals surface area contributed by atoms with E-state index in [0.717, 1.165) is 6.42 Å². The second-order valence-corrected chi connectivity index (χ2v) is 6.04. The first-order valence-corrected chi connectivity index (χ1v) is 8.25. The fourth-order valence-corrected chi connectivity index (χ4v) is 2.35. The molecule has 0 unspecified atom stereocenters. The highest BCUT2D eigenvalue weighted by atomic mass is 35.5. The van der Waals surface area contributed by atoms with Gasteiger partial charge in [-0.2, -0.15) is 0 Å². The van der Waals surface area contributed by atoms with E-state index in [-0.39, 0.29) is 23.0 Å². The summed E-state index contributed by atoms with van der Waals surface area (Å²) >= 11 is 5.94. The second kappa shape index (κ2) is 8.48. The second-order valence-electron chi connectivity index (χ2n) is 5.64. The highest BCUT2D eigenvalue weighted by Gasteiger charge is 2.12. The summed E-state index contributed by atoms with van der Waals surface area (Å²) in [6, 6.07) is 11.4. The molecular weight excluding hydrogens is 344 g/mol. The zero-order valence-electron chi connectivity index (χ0n) is 14.0. The quantitative estimate of drug-likeness (QED) is 0.567. The minimum atomic E-state index is -0.554. The van der Waals surface area contributed by atoms with Crippen LogP contribution >= 0.6 is 11.6 Å². The van der Waals surface area contributed by atoms with Gasteiger partial charge in [0.25, 0.3) is 11.6 Å². The predicted molar refractivity (Wildman–Crippen MR) is 97.4 cm³/mol. The number of benzene rings is 2. The van der Waals surface area contributed by atoms with Crippen molar-refractivity contribution in [2.75, 3.05) is 11.9 Å². The van der Waals surface area contributed by atoms with Crippen molar-refractivity contribution in [1.82, 2.24) is 0 Å². The number of amides is 1. The van der Waals surface area contributed by atoms with Crippen LogP contribution in [0.2, 0.25) is 5.02 Å². The van der Waals surface area contributed by atoms with Gasteiger partial charge in [0.15, 0.2) is 6.61 Å². The van der Waals surface area contributed by atoms with Gasteiger partial charge in [0, 0.05) is 12.1 Å². The number of halogens is 1. The Hall–Kier alpha value is -2.60. The average molecular weight is 363 g/mol. The number of non-ortho nitro benzene ring substituents is 1. The van der Waals surface area contributed by atoms with Gasteiger partial charge < -0.3 is 10.1 Å². The van der Waals surface area contributed by atoms with E-state index in [1.54, 1.807) is 0 Å². The Labute approximate surface area is 150 Å². The van der Waals surface area contributed by atoms with Gasteiger partial charge in [0.1, 0.15) is 5.75 Å². The molecule has 0 aromatic heterocycles. The molecule has 0 aliphatic heterocycles. The summed E-state index contributed by atoms with van der Waals surface area (Å²) in [5.74, 6) is 0.592. The van der Waals surface area contributed by atoms with Crippen LogP contribution in [0.5, 0.6) is 5.75 Å². The van der Waals surface area contributed by atoms with Crippen LogP contribution in [-0.4, -0.2) is 17.4 Å². The molecule has 6 nitrogen and oxygen atoms in total. The summed E-state index contributed by atoms with van der Waals surface area (Å²) < 4.78 is 5.44.